The molecule has 1 fully saturated rings. The summed E-state index contributed by atoms with van der Waals surface area (Å²) in [4.78, 5) is 18.1. The monoisotopic (exact) mass is 386 g/mol. The Bertz CT molecular complexity index is 660. The molecule has 0 atom stereocenters. The topological polar surface area (TPSA) is 56.7 Å². The van der Waals surface area contributed by atoms with Crippen molar-refractivity contribution < 1.29 is 4.79 Å². The highest BCUT2D eigenvalue weighted by molar-refractivity contribution is 5.94. The Labute approximate surface area is 171 Å². The largest absolute Gasteiger partial charge is 0.356 e. The van der Waals surface area contributed by atoms with E-state index in [1.807, 2.05) is 25.2 Å². The van der Waals surface area contributed by atoms with Gasteiger partial charge in [0.15, 0.2) is 5.96 Å². The molecule has 0 saturated heterocycles. The Morgan fingerprint density at radius 2 is 1.93 bits per heavy atom. The molecule has 5 heteroatoms. The van der Waals surface area contributed by atoms with E-state index in [0.717, 1.165) is 42.5 Å². The number of hydrogen-bond donors (Lipinski definition) is 2. The minimum atomic E-state index is 0.0410. The van der Waals surface area contributed by atoms with Gasteiger partial charge in [0, 0.05) is 39.8 Å². The second-order valence-corrected chi connectivity index (χ2v) is 8.81. The summed E-state index contributed by atoms with van der Waals surface area (Å²) in [6, 6.07) is 7.88. The van der Waals surface area contributed by atoms with Crippen LogP contribution in [0, 0.1) is 11.3 Å². The van der Waals surface area contributed by atoms with E-state index in [4.69, 9.17) is 0 Å². The van der Waals surface area contributed by atoms with Crippen molar-refractivity contribution in [3.63, 3.8) is 0 Å². The molecule has 1 aromatic carbocycles. The molecule has 0 heterocycles. The molecular weight excluding hydrogens is 348 g/mol. The van der Waals surface area contributed by atoms with E-state index in [0.29, 0.717) is 5.41 Å². The van der Waals surface area contributed by atoms with Crippen molar-refractivity contribution in [2.45, 2.75) is 52.4 Å². The van der Waals surface area contributed by atoms with Gasteiger partial charge in [-0.25, -0.2) is 0 Å². The maximum Gasteiger partial charge on any atom is 0.253 e. The van der Waals surface area contributed by atoms with Gasteiger partial charge in [0.25, 0.3) is 5.91 Å². The number of nitrogens with zero attached hydrogens (tertiary/aromatic N) is 2. The van der Waals surface area contributed by atoms with E-state index in [1.54, 1.807) is 19.0 Å². The number of guanidine groups is 1. The third kappa shape index (κ3) is 6.54. The Kier molecular flexibility index (Phi) is 8.34. The lowest BCUT2D eigenvalue weighted by Crippen LogP contribution is -2.44. The van der Waals surface area contributed by atoms with Crippen molar-refractivity contribution in [1.82, 2.24) is 15.5 Å². The quantitative estimate of drug-likeness (QED) is 0.529. The number of aliphatic imine (C=N–C) groups is 1. The summed E-state index contributed by atoms with van der Waals surface area (Å²) >= 11 is 0. The van der Waals surface area contributed by atoms with Crippen LogP contribution in [0.3, 0.4) is 0 Å². The molecular formula is C23H38N4O. The van der Waals surface area contributed by atoms with Crippen LogP contribution in [0.2, 0.25) is 0 Å². The highest BCUT2D eigenvalue weighted by Crippen LogP contribution is 2.42. The molecule has 1 aromatic rings. The first kappa shape index (κ1) is 22.3. The molecule has 1 saturated carbocycles. The van der Waals surface area contributed by atoms with Crippen molar-refractivity contribution in [3.8, 4) is 0 Å². The van der Waals surface area contributed by atoms with Crippen LogP contribution in [0.25, 0.3) is 0 Å². The molecule has 0 unspecified atom stereocenters. The van der Waals surface area contributed by atoms with Crippen LogP contribution in [-0.2, 0) is 6.42 Å². The molecule has 0 aromatic heterocycles. The number of carbonyl (C=O) groups is 1. The Morgan fingerprint density at radius 1 is 1.21 bits per heavy atom. The van der Waals surface area contributed by atoms with Crippen molar-refractivity contribution >= 4 is 11.9 Å². The maximum atomic E-state index is 12.1. The van der Waals surface area contributed by atoms with Gasteiger partial charge in [-0.15, -0.1) is 0 Å². The SMILES string of the molecule is CN=C(NCCc1cccc(C(=O)N(C)C)c1)NCC1(CC(C)C)CCCC1. The predicted molar refractivity (Wildman–Crippen MR) is 118 cm³/mol. The Balaban J connectivity index is 1.84. The zero-order chi connectivity index (χ0) is 20.6. The van der Waals surface area contributed by atoms with Crippen LogP contribution >= 0.6 is 0 Å². The molecule has 2 N–H and O–H groups in total. The van der Waals surface area contributed by atoms with Crippen LogP contribution in [-0.4, -0.2) is 51.0 Å². The van der Waals surface area contributed by atoms with Gasteiger partial charge in [-0.3, -0.25) is 9.79 Å². The Morgan fingerprint density at radius 3 is 2.54 bits per heavy atom. The van der Waals surface area contributed by atoms with E-state index in [9.17, 15) is 4.79 Å². The summed E-state index contributed by atoms with van der Waals surface area (Å²) in [6.45, 7) is 6.43. The second-order valence-electron chi connectivity index (χ2n) is 8.81. The summed E-state index contributed by atoms with van der Waals surface area (Å²) in [5.74, 6) is 1.64. The Hall–Kier alpha value is -2.04. The molecule has 1 aliphatic carbocycles. The summed E-state index contributed by atoms with van der Waals surface area (Å²) in [6.07, 6.45) is 7.48. The fourth-order valence-corrected chi connectivity index (χ4v) is 4.38. The zero-order valence-corrected chi connectivity index (χ0v) is 18.3. The van der Waals surface area contributed by atoms with Gasteiger partial charge in [0.2, 0.25) is 0 Å². The fourth-order valence-electron chi connectivity index (χ4n) is 4.38. The third-order valence-electron chi connectivity index (χ3n) is 5.65. The van der Waals surface area contributed by atoms with Gasteiger partial charge in [0.1, 0.15) is 0 Å². The minimum absolute atomic E-state index is 0.0410. The van der Waals surface area contributed by atoms with Crippen LogP contribution in [0.4, 0.5) is 0 Å². The molecule has 0 bridgehead atoms. The lowest BCUT2D eigenvalue weighted by atomic mass is 9.78. The summed E-state index contributed by atoms with van der Waals surface area (Å²) in [5, 5.41) is 6.99. The number of rotatable bonds is 8. The van der Waals surface area contributed by atoms with Crippen molar-refractivity contribution in [1.29, 1.82) is 0 Å². The molecule has 1 amide bonds. The number of nitrogens with one attached hydrogen (secondary N) is 2. The normalized spacial score (nSPS) is 16.3. The molecule has 156 valence electrons. The average molecular weight is 387 g/mol. The highest BCUT2D eigenvalue weighted by Gasteiger charge is 2.34. The first-order valence-electron chi connectivity index (χ1n) is 10.6. The zero-order valence-electron chi connectivity index (χ0n) is 18.3. The average Bonchev–Trinajstić information content (AvgIpc) is 3.11. The maximum absolute atomic E-state index is 12.1. The first-order valence-corrected chi connectivity index (χ1v) is 10.6. The molecule has 28 heavy (non-hydrogen) atoms. The lowest BCUT2D eigenvalue weighted by molar-refractivity contribution is 0.0827. The van der Waals surface area contributed by atoms with Crippen molar-refractivity contribution in [3.05, 3.63) is 35.4 Å². The van der Waals surface area contributed by atoms with Crippen LogP contribution in [0.15, 0.2) is 29.3 Å². The predicted octanol–water partition coefficient (Wildman–Crippen LogP) is 3.70. The van der Waals surface area contributed by atoms with Gasteiger partial charge in [-0.05, 0) is 54.7 Å². The molecule has 0 aliphatic heterocycles. The van der Waals surface area contributed by atoms with Gasteiger partial charge in [-0.2, -0.15) is 0 Å². The van der Waals surface area contributed by atoms with Crippen molar-refractivity contribution in [2.75, 3.05) is 34.2 Å². The number of benzene rings is 1. The summed E-state index contributed by atoms with van der Waals surface area (Å²) < 4.78 is 0. The molecule has 2 rings (SSSR count). The van der Waals surface area contributed by atoms with Gasteiger partial charge in [-0.1, -0.05) is 38.8 Å². The van der Waals surface area contributed by atoms with Crippen molar-refractivity contribution in [2.24, 2.45) is 16.3 Å². The van der Waals surface area contributed by atoms with Crippen LogP contribution in [0.5, 0.6) is 0 Å². The molecule has 5 nitrogen and oxygen atoms in total. The molecule has 0 radical (unpaired) electrons. The summed E-state index contributed by atoms with van der Waals surface area (Å²) in [7, 11) is 5.39. The van der Waals surface area contributed by atoms with E-state index in [-0.39, 0.29) is 5.91 Å². The van der Waals surface area contributed by atoms with Crippen LogP contribution < -0.4 is 10.6 Å². The van der Waals surface area contributed by atoms with E-state index < -0.39 is 0 Å². The number of hydrogen-bond acceptors (Lipinski definition) is 2. The molecule has 0 spiro atoms. The summed E-state index contributed by atoms with van der Waals surface area (Å²) in [5.41, 5.74) is 2.32. The lowest BCUT2D eigenvalue weighted by Gasteiger charge is -2.32. The second kappa shape index (κ2) is 10.5. The standard InChI is InChI=1S/C23H38N4O/c1-18(2)16-23(12-6-7-13-23)17-26-22(24-3)25-14-11-19-9-8-10-20(15-19)21(28)27(4)5/h8-10,15,18H,6-7,11-14,16-17H2,1-5H3,(H2,24,25,26). The van der Waals surface area contributed by atoms with E-state index in [1.165, 1.54) is 32.1 Å². The molecule has 1 aliphatic rings. The number of carbonyl (C=O) groups excluding carboxylic acids is 1. The first-order chi connectivity index (χ1) is 13.3. The van der Waals surface area contributed by atoms with Gasteiger partial charge < -0.3 is 15.5 Å². The van der Waals surface area contributed by atoms with Gasteiger partial charge >= 0.3 is 0 Å². The minimum Gasteiger partial charge on any atom is -0.356 e. The van der Waals surface area contributed by atoms with Crippen LogP contribution in [0.1, 0.15) is 61.9 Å². The fraction of sp³-hybridized carbons (Fsp3) is 0.652. The highest BCUT2D eigenvalue weighted by atomic mass is 16.2. The van der Waals surface area contributed by atoms with E-state index in [2.05, 4.69) is 35.5 Å². The van der Waals surface area contributed by atoms with Gasteiger partial charge in [0.05, 0.1) is 0 Å². The van der Waals surface area contributed by atoms with E-state index >= 15 is 0 Å². The third-order valence-corrected chi connectivity index (χ3v) is 5.65. The number of amides is 1. The smallest absolute Gasteiger partial charge is 0.253 e.